The molecular weight excluding hydrogens is 355 g/mol. The molecule has 0 fully saturated rings. The van der Waals surface area contributed by atoms with Crippen molar-refractivity contribution in [3.63, 3.8) is 0 Å². The number of hydrogen-bond acceptors (Lipinski definition) is 5. The summed E-state index contributed by atoms with van der Waals surface area (Å²) in [5.74, 6) is -0.272. The summed E-state index contributed by atoms with van der Waals surface area (Å²) in [6.07, 6.45) is -2.15. The second-order valence-electron chi connectivity index (χ2n) is 6.28. The lowest BCUT2D eigenvalue weighted by Crippen LogP contribution is -2.21. The first kappa shape index (κ1) is 17.8. The standard InChI is InChI=1S/C15H18F3N5OS/c1-8(2)13-20-21-14(25-13)19-11(24)7-23-10-6-4-3-5-9(10)12(22-23)15(16,17)18/h8H,3-7H2,1-2H3,(H,19,21,24). The molecule has 2 aromatic rings. The maximum atomic E-state index is 13.2. The highest BCUT2D eigenvalue weighted by Gasteiger charge is 2.39. The molecular formula is C15H18F3N5OS. The van der Waals surface area contributed by atoms with Gasteiger partial charge in [0.2, 0.25) is 11.0 Å². The molecule has 6 nitrogen and oxygen atoms in total. The van der Waals surface area contributed by atoms with Crippen LogP contribution in [-0.2, 0) is 30.4 Å². The number of hydrogen-bond donors (Lipinski definition) is 1. The molecule has 1 amide bonds. The van der Waals surface area contributed by atoms with Crippen LogP contribution in [0.2, 0.25) is 0 Å². The maximum absolute atomic E-state index is 13.2. The molecule has 0 saturated carbocycles. The average Bonchev–Trinajstić information content (AvgIpc) is 3.12. The van der Waals surface area contributed by atoms with Crippen molar-refractivity contribution in [3.8, 4) is 0 Å². The lowest BCUT2D eigenvalue weighted by Gasteiger charge is -2.14. The molecule has 1 aliphatic carbocycles. The van der Waals surface area contributed by atoms with Gasteiger partial charge in [-0.2, -0.15) is 18.3 Å². The highest BCUT2D eigenvalue weighted by molar-refractivity contribution is 7.15. The predicted molar refractivity (Wildman–Crippen MR) is 86.5 cm³/mol. The molecule has 1 N–H and O–H groups in total. The number of fused-ring (bicyclic) bond motifs is 1. The first-order chi connectivity index (χ1) is 11.8. The van der Waals surface area contributed by atoms with E-state index in [2.05, 4.69) is 20.6 Å². The van der Waals surface area contributed by atoms with Crippen molar-refractivity contribution in [2.24, 2.45) is 0 Å². The molecule has 0 bridgehead atoms. The monoisotopic (exact) mass is 373 g/mol. The van der Waals surface area contributed by atoms with Gasteiger partial charge in [-0.15, -0.1) is 10.2 Å². The Morgan fingerprint density at radius 1 is 1.28 bits per heavy atom. The van der Waals surface area contributed by atoms with E-state index < -0.39 is 17.8 Å². The van der Waals surface area contributed by atoms with Crippen molar-refractivity contribution >= 4 is 22.4 Å². The molecule has 0 spiro atoms. The first-order valence-corrected chi connectivity index (χ1v) is 8.86. The molecule has 10 heteroatoms. The van der Waals surface area contributed by atoms with Gasteiger partial charge in [-0.25, -0.2) is 0 Å². The van der Waals surface area contributed by atoms with Crippen LogP contribution in [0.4, 0.5) is 18.3 Å². The third kappa shape index (κ3) is 3.83. The SMILES string of the molecule is CC(C)c1nnc(NC(=O)Cn2nc(C(F)(F)F)c3c2CCCC3)s1. The van der Waals surface area contributed by atoms with E-state index in [1.165, 1.54) is 16.0 Å². The topological polar surface area (TPSA) is 72.7 Å². The Hall–Kier alpha value is -1.97. The average molecular weight is 373 g/mol. The fraction of sp³-hybridized carbons (Fsp3) is 0.600. The van der Waals surface area contributed by atoms with Gasteiger partial charge in [-0.3, -0.25) is 14.8 Å². The number of amides is 1. The number of carbonyl (C=O) groups is 1. The van der Waals surface area contributed by atoms with Gasteiger partial charge in [0.05, 0.1) is 0 Å². The Bertz CT molecular complexity index is 781. The van der Waals surface area contributed by atoms with E-state index in [0.29, 0.717) is 30.1 Å². The highest BCUT2D eigenvalue weighted by Crippen LogP contribution is 2.35. The molecule has 0 aromatic carbocycles. The van der Waals surface area contributed by atoms with E-state index >= 15 is 0 Å². The summed E-state index contributed by atoms with van der Waals surface area (Å²) in [6.45, 7) is 3.65. The van der Waals surface area contributed by atoms with Crippen LogP contribution in [0.3, 0.4) is 0 Å². The Labute approximate surface area is 146 Å². The van der Waals surface area contributed by atoms with Crippen molar-refractivity contribution in [2.45, 2.75) is 58.2 Å². The van der Waals surface area contributed by atoms with Crippen molar-refractivity contribution < 1.29 is 18.0 Å². The highest BCUT2D eigenvalue weighted by atomic mass is 32.1. The summed E-state index contributed by atoms with van der Waals surface area (Å²) in [6, 6.07) is 0. The van der Waals surface area contributed by atoms with Crippen molar-refractivity contribution in [1.29, 1.82) is 0 Å². The van der Waals surface area contributed by atoms with Crippen LogP contribution in [-0.4, -0.2) is 25.9 Å². The number of halogens is 3. The number of rotatable bonds is 4. The van der Waals surface area contributed by atoms with Crippen LogP contribution in [0, 0.1) is 0 Å². The number of anilines is 1. The van der Waals surface area contributed by atoms with Gasteiger partial charge in [-0.1, -0.05) is 25.2 Å². The van der Waals surface area contributed by atoms with E-state index in [1.54, 1.807) is 0 Å². The Morgan fingerprint density at radius 2 is 2.00 bits per heavy atom. The number of alkyl halides is 3. The zero-order chi connectivity index (χ0) is 18.2. The number of nitrogens with one attached hydrogen (secondary N) is 1. The maximum Gasteiger partial charge on any atom is 0.435 e. The second kappa shape index (κ2) is 6.74. The van der Waals surface area contributed by atoms with Crippen LogP contribution < -0.4 is 5.32 Å². The molecule has 3 rings (SSSR count). The summed E-state index contributed by atoms with van der Waals surface area (Å²) < 4.78 is 40.7. The third-order valence-electron chi connectivity index (χ3n) is 4.00. The Balaban J connectivity index is 1.78. The molecule has 0 aliphatic heterocycles. The van der Waals surface area contributed by atoms with Crippen molar-refractivity contribution in [2.75, 3.05) is 5.32 Å². The number of aromatic nitrogens is 4. The van der Waals surface area contributed by atoms with Gasteiger partial charge in [0.15, 0.2) is 5.69 Å². The fourth-order valence-electron chi connectivity index (χ4n) is 2.84. The zero-order valence-electron chi connectivity index (χ0n) is 13.9. The first-order valence-electron chi connectivity index (χ1n) is 8.04. The molecule has 0 atom stereocenters. The normalized spacial score (nSPS) is 14.6. The van der Waals surface area contributed by atoms with Crippen LogP contribution in [0.25, 0.3) is 0 Å². The van der Waals surface area contributed by atoms with E-state index in [-0.39, 0.29) is 18.0 Å². The molecule has 2 aromatic heterocycles. The quantitative estimate of drug-likeness (QED) is 0.892. The Kier molecular flexibility index (Phi) is 4.81. The summed E-state index contributed by atoms with van der Waals surface area (Å²) in [5.41, 5.74) is -0.133. The smallest absolute Gasteiger partial charge is 0.299 e. The van der Waals surface area contributed by atoms with Crippen LogP contribution >= 0.6 is 11.3 Å². The lowest BCUT2D eigenvalue weighted by atomic mass is 9.95. The van der Waals surface area contributed by atoms with E-state index in [0.717, 1.165) is 11.4 Å². The van der Waals surface area contributed by atoms with Gasteiger partial charge < -0.3 is 0 Å². The molecule has 0 saturated heterocycles. The number of nitrogens with zero attached hydrogens (tertiary/aromatic N) is 4. The second-order valence-corrected chi connectivity index (χ2v) is 7.29. The van der Waals surface area contributed by atoms with Gasteiger partial charge in [-0.05, 0) is 25.7 Å². The van der Waals surface area contributed by atoms with Crippen molar-refractivity contribution in [1.82, 2.24) is 20.0 Å². The van der Waals surface area contributed by atoms with E-state index in [1.807, 2.05) is 13.8 Å². The third-order valence-corrected chi connectivity index (χ3v) is 5.14. The van der Waals surface area contributed by atoms with Crippen molar-refractivity contribution in [3.05, 3.63) is 22.0 Å². The molecule has 0 unspecified atom stereocenters. The minimum absolute atomic E-state index is 0.190. The Morgan fingerprint density at radius 3 is 2.64 bits per heavy atom. The predicted octanol–water partition coefficient (Wildman–Crippen LogP) is 3.39. The van der Waals surface area contributed by atoms with Gasteiger partial charge >= 0.3 is 6.18 Å². The molecule has 25 heavy (non-hydrogen) atoms. The molecule has 136 valence electrons. The summed E-state index contributed by atoms with van der Waals surface area (Å²) in [7, 11) is 0. The van der Waals surface area contributed by atoms with Gasteiger partial charge in [0.25, 0.3) is 0 Å². The fourth-order valence-corrected chi connectivity index (χ4v) is 3.60. The minimum atomic E-state index is -4.51. The summed E-state index contributed by atoms with van der Waals surface area (Å²) in [5, 5.41) is 15.2. The lowest BCUT2D eigenvalue weighted by molar-refractivity contribution is -0.142. The molecule has 2 heterocycles. The minimum Gasteiger partial charge on any atom is -0.299 e. The van der Waals surface area contributed by atoms with E-state index in [4.69, 9.17) is 0 Å². The number of carbonyl (C=O) groups excluding carboxylic acids is 1. The van der Waals surface area contributed by atoms with Crippen LogP contribution in [0.15, 0.2) is 0 Å². The summed E-state index contributed by atoms with van der Waals surface area (Å²) in [4.78, 5) is 12.2. The molecule has 0 radical (unpaired) electrons. The van der Waals surface area contributed by atoms with E-state index in [9.17, 15) is 18.0 Å². The van der Waals surface area contributed by atoms with Crippen LogP contribution in [0.1, 0.15) is 54.6 Å². The van der Waals surface area contributed by atoms with Gasteiger partial charge in [0.1, 0.15) is 11.6 Å². The molecule has 1 aliphatic rings. The summed E-state index contributed by atoms with van der Waals surface area (Å²) >= 11 is 1.25. The largest absolute Gasteiger partial charge is 0.435 e. The van der Waals surface area contributed by atoms with Crippen LogP contribution in [0.5, 0.6) is 0 Å². The zero-order valence-corrected chi connectivity index (χ0v) is 14.7. The van der Waals surface area contributed by atoms with Gasteiger partial charge in [0, 0.05) is 17.2 Å².